The van der Waals surface area contributed by atoms with Crippen LogP contribution in [0.4, 0.5) is 5.69 Å². The van der Waals surface area contributed by atoms with E-state index >= 15 is 0 Å². The van der Waals surface area contributed by atoms with Crippen LogP contribution in [-0.4, -0.2) is 57.6 Å². The first kappa shape index (κ1) is 28.5. The van der Waals surface area contributed by atoms with Gasteiger partial charge >= 0.3 is 0 Å². The maximum atomic E-state index is 13.3. The van der Waals surface area contributed by atoms with Gasteiger partial charge in [0.05, 0.1) is 19.1 Å². The molecule has 192 valence electrons. The number of para-hydroxylation sites is 2. The first-order valence-corrected chi connectivity index (χ1v) is 13.8. The number of likely N-dealkylation sites (N-methyl/N-ethyl adjacent to an activating group) is 1. The molecule has 0 aromatic heterocycles. The zero-order chi connectivity index (χ0) is 26.0. The molecule has 2 rings (SSSR count). The highest BCUT2D eigenvalue weighted by atomic mass is 35.5. The Morgan fingerprint density at radius 3 is 2.31 bits per heavy atom. The van der Waals surface area contributed by atoms with Crippen molar-refractivity contribution in [3.05, 3.63) is 59.1 Å². The zero-order valence-electron chi connectivity index (χ0n) is 20.7. The fourth-order valence-corrected chi connectivity index (χ4v) is 4.91. The van der Waals surface area contributed by atoms with E-state index in [-0.39, 0.29) is 37.7 Å². The second-order valence-electron chi connectivity index (χ2n) is 8.08. The third-order valence-electron chi connectivity index (χ3n) is 5.51. The summed E-state index contributed by atoms with van der Waals surface area (Å²) in [5, 5.41) is 3.38. The molecular weight excluding hydrogens is 490 g/mol. The highest BCUT2D eigenvalue weighted by molar-refractivity contribution is 7.92. The van der Waals surface area contributed by atoms with Crippen molar-refractivity contribution < 1.29 is 22.7 Å². The van der Waals surface area contributed by atoms with Gasteiger partial charge in [0.15, 0.2) is 0 Å². The Labute approximate surface area is 213 Å². The number of nitrogens with zero attached hydrogens (tertiary/aromatic N) is 2. The van der Waals surface area contributed by atoms with Gasteiger partial charge in [0.2, 0.25) is 21.8 Å². The largest absolute Gasteiger partial charge is 0.495 e. The van der Waals surface area contributed by atoms with Gasteiger partial charge in [-0.3, -0.25) is 13.9 Å². The minimum absolute atomic E-state index is 0.0741. The Morgan fingerprint density at radius 1 is 1.09 bits per heavy atom. The van der Waals surface area contributed by atoms with Crippen LogP contribution in [0.1, 0.15) is 38.7 Å². The van der Waals surface area contributed by atoms with Crippen molar-refractivity contribution in [2.75, 3.05) is 30.8 Å². The summed E-state index contributed by atoms with van der Waals surface area (Å²) in [6.45, 7) is 4.48. The maximum absolute atomic E-state index is 13.3. The van der Waals surface area contributed by atoms with Crippen LogP contribution in [0.25, 0.3) is 0 Å². The Balaban J connectivity index is 2.22. The molecule has 0 heterocycles. The van der Waals surface area contributed by atoms with Crippen molar-refractivity contribution in [3.63, 3.8) is 0 Å². The number of amides is 2. The molecule has 0 fully saturated rings. The van der Waals surface area contributed by atoms with Crippen LogP contribution in [-0.2, 0) is 26.2 Å². The molecule has 0 aliphatic carbocycles. The molecular formula is C25H34ClN3O5S. The van der Waals surface area contributed by atoms with Gasteiger partial charge in [0.25, 0.3) is 0 Å². The predicted molar refractivity (Wildman–Crippen MR) is 139 cm³/mol. The number of benzene rings is 2. The van der Waals surface area contributed by atoms with Crippen molar-refractivity contribution in [1.82, 2.24) is 10.2 Å². The lowest BCUT2D eigenvalue weighted by molar-refractivity contribution is -0.141. The molecule has 35 heavy (non-hydrogen) atoms. The summed E-state index contributed by atoms with van der Waals surface area (Å²) in [4.78, 5) is 27.6. The number of rotatable bonds is 13. The standard InChI is InChI=1S/C25H34ClN3O5S/c1-5-21(25(31)27-6-2)28(18-19-13-15-20(26)16-14-19)24(30)12-9-17-29(35(4,32)33)22-10-7-8-11-23(22)34-3/h7-8,10-11,13-16,21H,5-6,9,12,17-18H2,1-4H3,(H,27,31)/t21-/m1/s1. The normalized spacial score (nSPS) is 12.0. The Bertz CT molecular complexity index is 1090. The lowest BCUT2D eigenvalue weighted by atomic mass is 10.1. The summed E-state index contributed by atoms with van der Waals surface area (Å²) >= 11 is 5.99. The number of carbonyl (C=O) groups excluding carboxylic acids is 2. The average molecular weight is 524 g/mol. The van der Waals surface area contributed by atoms with Crippen LogP contribution in [0.5, 0.6) is 5.75 Å². The van der Waals surface area contributed by atoms with Gasteiger partial charge in [-0.15, -0.1) is 0 Å². The lowest BCUT2D eigenvalue weighted by Gasteiger charge is -2.31. The predicted octanol–water partition coefficient (Wildman–Crippen LogP) is 3.84. The molecule has 2 aromatic carbocycles. The fourth-order valence-electron chi connectivity index (χ4n) is 3.82. The first-order valence-electron chi connectivity index (χ1n) is 11.5. The zero-order valence-corrected chi connectivity index (χ0v) is 22.2. The average Bonchev–Trinajstić information content (AvgIpc) is 2.82. The molecule has 0 bridgehead atoms. The van der Waals surface area contributed by atoms with Crippen LogP contribution >= 0.6 is 11.6 Å². The van der Waals surface area contributed by atoms with E-state index in [4.69, 9.17) is 16.3 Å². The summed E-state index contributed by atoms with van der Waals surface area (Å²) in [6, 6.07) is 13.3. The highest BCUT2D eigenvalue weighted by Crippen LogP contribution is 2.29. The quantitative estimate of drug-likeness (QED) is 0.430. The number of carbonyl (C=O) groups is 2. The third kappa shape index (κ3) is 8.14. The van der Waals surface area contributed by atoms with E-state index in [1.807, 2.05) is 26.0 Å². The Kier molecular flexibility index (Phi) is 10.9. The van der Waals surface area contributed by atoms with Gasteiger partial charge in [-0.05, 0) is 49.6 Å². The molecule has 2 aromatic rings. The molecule has 8 nitrogen and oxygen atoms in total. The fraction of sp³-hybridized carbons (Fsp3) is 0.440. The van der Waals surface area contributed by atoms with Crippen molar-refractivity contribution in [2.45, 2.75) is 45.7 Å². The number of ether oxygens (including phenoxy) is 1. The summed E-state index contributed by atoms with van der Waals surface area (Å²) in [6.07, 6.45) is 1.91. The van der Waals surface area contributed by atoms with E-state index < -0.39 is 16.1 Å². The summed E-state index contributed by atoms with van der Waals surface area (Å²) in [5.41, 5.74) is 1.26. The molecule has 10 heteroatoms. The highest BCUT2D eigenvalue weighted by Gasteiger charge is 2.29. The molecule has 0 saturated heterocycles. The summed E-state index contributed by atoms with van der Waals surface area (Å²) in [7, 11) is -2.14. The van der Waals surface area contributed by atoms with Gasteiger partial charge in [-0.1, -0.05) is 42.8 Å². The molecule has 2 amide bonds. The SMILES string of the molecule is CCNC(=O)[C@@H](CC)N(Cc1ccc(Cl)cc1)C(=O)CCCN(c1ccccc1OC)S(C)(=O)=O. The number of sulfonamides is 1. The van der Waals surface area contributed by atoms with E-state index in [2.05, 4.69) is 5.32 Å². The van der Waals surface area contributed by atoms with E-state index in [0.29, 0.717) is 29.4 Å². The van der Waals surface area contributed by atoms with Crippen LogP contribution in [0.15, 0.2) is 48.5 Å². The number of anilines is 1. The molecule has 0 radical (unpaired) electrons. The Hall–Kier alpha value is -2.78. The summed E-state index contributed by atoms with van der Waals surface area (Å²) < 4.78 is 31.6. The second-order valence-corrected chi connectivity index (χ2v) is 10.4. The number of hydrogen-bond donors (Lipinski definition) is 1. The van der Waals surface area contributed by atoms with Gasteiger partial charge in [0, 0.05) is 31.1 Å². The molecule has 0 unspecified atom stereocenters. The van der Waals surface area contributed by atoms with E-state index in [0.717, 1.165) is 11.8 Å². The number of hydrogen-bond acceptors (Lipinski definition) is 5. The Morgan fingerprint density at radius 2 is 1.74 bits per heavy atom. The minimum Gasteiger partial charge on any atom is -0.495 e. The van der Waals surface area contributed by atoms with Gasteiger partial charge in [-0.25, -0.2) is 8.42 Å². The van der Waals surface area contributed by atoms with E-state index in [1.54, 1.807) is 41.3 Å². The molecule has 0 aliphatic heterocycles. The van der Waals surface area contributed by atoms with Crippen molar-refractivity contribution in [3.8, 4) is 5.75 Å². The van der Waals surface area contributed by atoms with Crippen molar-refractivity contribution in [2.24, 2.45) is 0 Å². The van der Waals surface area contributed by atoms with Crippen molar-refractivity contribution >= 4 is 39.1 Å². The van der Waals surface area contributed by atoms with E-state index in [9.17, 15) is 18.0 Å². The third-order valence-corrected chi connectivity index (χ3v) is 6.94. The molecule has 0 spiro atoms. The molecule has 0 saturated carbocycles. The lowest BCUT2D eigenvalue weighted by Crippen LogP contribution is -2.49. The topological polar surface area (TPSA) is 96.0 Å². The van der Waals surface area contributed by atoms with Crippen LogP contribution < -0.4 is 14.4 Å². The van der Waals surface area contributed by atoms with E-state index in [1.165, 1.54) is 11.4 Å². The van der Waals surface area contributed by atoms with Crippen LogP contribution in [0.2, 0.25) is 5.02 Å². The number of nitrogens with one attached hydrogen (secondary N) is 1. The maximum Gasteiger partial charge on any atom is 0.242 e. The monoisotopic (exact) mass is 523 g/mol. The minimum atomic E-state index is -3.61. The van der Waals surface area contributed by atoms with Crippen molar-refractivity contribution in [1.29, 1.82) is 0 Å². The molecule has 1 N–H and O–H groups in total. The number of halogens is 1. The first-order chi connectivity index (χ1) is 16.6. The smallest absolute Gasteiger partial charge is 0.242 e. The molecule has 1 atom stereocenters. The van der Waals surface area contributed by atoms with Gasteiger partial charge in [0.1, 0.15) is 11.8 Å². The second kappa shape index (κ2) is 13.3. The summed E-state index contributed by atoms with van der Waals surface area (Å²) in [5.74, 6) is -0.0217. The number of methoxy groups -OCH3 is 1. The van der Waals surface area contributed by atoms with Gasteiger partial charge < -0.3 is 15.0 Å². The van der Waals surface area contributed by atoms with Gasteiger partial charge in [-0.2, -0.15) is 0 Å². The van der Waals surface area contributed by atoms with Crippen LogP contribution in [0, 0.1) is 0 Å². The molecule has 0 aliphatic rings. The van der Waals surface area contributed by atoms with Crippen LogP contribution in [0.3, 0.4) is 0 Å².